The van der Waals surface area contributed by atoms with Crippen molar-refractivity contribution in [2.45, 2.75) is 25.7 Å². The minimum absolute atomic E-state index is 0. The summed E-state index contributed by atoms with van der Waals surface area (Å²) in [4.78, 5) is 29.3. The van der Waals surface area contributed by atoms with Crippen molar-refractivity contribution in [1.29, 1.82) is 0 Å². The molecule has 3 heterocycles. The molecule has 1 N–H and O–H groups in total. The predicted molar refractivity (Wildman–Crippen MR) is 105 cm³/mol. The topological polar surface area (TPSA) is 52.7 Å². The summed E-state index contributed by atoms with van der Waals surface area (Å²) in [6.45, 7) is 4.30. The van der Waals surface area contributed by atoms with E-state index in [0.717, 1.165) is 44.7 Å². The van der Waals surface area contributed by atoms with Crippen LogP contribution in [0.2, 0.25) is 5.02 Å². The van der Waals surface area contributed by atoms with Crippen molar-refractivity contribution >= 4 is 41.5 Å². The van der Waals surface area contributed by atoms with Crippen LogP contribution >= 0.6 is 24.0 Å². The number of piperidine rings is 1. The van der Waals surface area contributed by atoms with Crippen molar-refractivity contribution in [1.82, 2.24) is 10.2 Å². The molecule has 0 saturated carbocycles. The molecule has 3 fully saturated rings. The van der Waals surface area contributed by atoms with E-state index in [2.05, 4.69) is 5.32 Å². The van der Waals surface area contributed by atoms with Crippen LogP contribution in [0.25, 0.3) is 0 Å². The Morgan fingerprint density at radius 1 is 1.19 bits per heavy atom. The molecular formula is C19H25Cl2N3O2. The van der Waals surface area contributed by atoms with Crippen LogP contribution in [0, 0.1) is 11.3 Å². The SMILES string of the molecule is Cl.O=C(C1CCN(c2cccc(Cl)c2)C1=O)N1CCC2(CCNC2)CC1. The van der Waals surface area contributed by atoms with Crippen LogP contribution in [0.1, 0.15) is 25.7 Å². The molecule has 1 aromatic carbocycles. The Morgan fingerprint density at radius 2 is 1.96 bits per heavy atom. The van der Waals surface area contributed by atoms with Crippen LogP contribution in [0.15, 0.2) is 24.3 Å². The van der Waals surface area contributed by atoms with Crippen LogP contribution in [0.3, 0.4) is 0 Å². The summed E-state index contributed by atoms with van der Waals surface area (Å²) in [6.07, 6.45) is 3.89. The monoisotopic (exact) mass is 397 g/mol. The van der Waals surface area contributed by atoms with E-state index < -0.39 is 5.92 Å². The quantitative estimate of drug-likeness (QED) is 0.780. The largest absolute Gasteiger partial charge is 0.342 e. The van der Waals surface area contributed by atoms with Crippen molar-refractivity contribution in [3.8, 4) is 0 Å². The molecule has 3 aliphatic heterocycles. The summed E-state index contributed by atoms with van der Waals surface area (Å²) in [5.74, 6) is -0.611. The summed E-state index contributed by atoms with van der Waals surface area (Å²) in [5, 5.41) is 4.05. The maximum Gasteiger partial charge on any atom is 0.239 e. The van der Waals surface area contributed by atoms with Gasteiger partial charge in [0.15, 0.2) is 0 Å². The number of halogens is 2. The van der Waals surface area contributed by atoms with Gasteiger partial charge in [0.2, 0.25) is 11.8 Å². The lowest BCUT2D eigenvalue weighted by Gasteiger charge is -2.39. The van der Waals surface area contributed by atoms with E-state index in [1.165, 1.54) is 6.42 Å². The van der Waals surface area contributed by atoms with Gasteiger partial charge in [0, 0.05) is 36.9 Å². The Hall–Kier alpha value is -1.30. The Balaban J connectivity index is 0.00000196. The third kappa shape index (κ3) is 3.57. The Kier molecular flexibility index (Phi) is 5.80. The van der Waals surface area contributed by atoms with E-state index in [-0.39, 0.29) is 24.2 Å². The van der Waals surface area contributed by atoms with E-state index in [1.807, 2.05) is 17.0 Å². The number of hydrogen-bond donors (Lipinski definition) is 1. The van der Waals surface area contributed by atoms with Gasteiger partial charge in [-0.15, -0.1) is 12.4 Å². The lowest BCUT2D eigenvalue weighted by Crippen LogP contribution is -2.47. The number of carbonyl (C=O) groups excluding carboxylic acids is 2. The molecule has 0 bridgehead atoms. The van der Waals surface area contributed by atoms with E-state index in [9.17, 15) is 9.59 Å². The molecule has 4 rings (SSSR count). The average Bonchev–Trinajstić information content (AvgIpc) is 3.22. The fraction of sp³-hybridized carbons (Fsp3) is 0.579. The van der Waals surface area contributed by atoms with Crippen LogP contribution < -0.4 is 10.2 Å². The number of carbonyl (C=O) groups is 2. The van der Waals surface area contributed by atoms with Gasteiger partial charge in [0.1, 0.15) is 5.92 Å². The Labute approximate surface area is 165 Å². The zero-order valence-electron chi connectivity index (χ0n) is 14.7. The summed E-state index contributed by atoms with van der Waals surface area (Å²) >= 11 is 6.03. The van der Waals surface area contributed by atoms with E-state index in [0.29, 0.717) is 23.4 Å². The molecule has 3 saturated heterocycles. The van der Waals surface area contributed by atoms with Gasteiger partial charge in [-0.2, -0.15) is 0 Å². The summed E-state index contributed by atoms with van der Waals surface area (Å²) in [6, 6.07) is 7.27. The van der Waals surface area contributed by atoms with Crippen LogP contribution in [0.5, 0.6) is 0 Å². The van der Waals surface area contributed by atoms with Gasteiger partial charge in [0.25, 0.3) is 0 Å². The molecule has 1 spiro atoms. The molecular weight excluding hydrogens is 373 g/mol. The van der Waals surface area contributed by atoms with Crippen LogP contribution in [0.4, 0.5) is 5.69 Å². The molecule has 0 aliphatic carbocycles. The second kappa shape index (κ2) is 7.75. The van der Waals surface area contributed by atoms with E-state index in [1.54, 1.807) is 17.0 Å². The Morgan fingerprint density at radius 3 is 2.62 bits per heavy atom. The van der Waals surface area contributed by atoms with E-state index >= 15 is 0 Å². The highest BCUT2D eigenvalue weighted by molar-refractivity contribution is 6.31. The van der Waals surface area contributed by atoms with Gasteiger partial charge in [-0.25, -0.2) is 0 Å². The summed E-state index contributed by atoms with van der Waals surface area (Å²) in [5.41, 5.74) is 1.16. The predicted octanol–water partition coefficient (Wildman–Crippen LogP) is 2.72. The van der Waals surface area contributed by atoms with Crippen LogP contribution in [-0.4, -0.2) is 49.4 Å². The summed E-state index contributed by atoms with van der Waals surface area (Å²) < 4.78 is 0. The first kappa shape index (κ1) is 19.5. The van der Waals surface area contributed by atoms with Gasteiger partial charge in [0.05, 0.1) is 0 Å². The average molecular weight is 398 g/mol. The number of nitrogens with one attached hydrogen (secondary N) is 1. The fourth-order valence-electron chi connectivity index (χ4n) is 4.45. The van der Waals surface area contributed by atoms with Gasteiger partial charge < -0.3 is 15.1 Å². The maximum atomic E-state index is 12.9. The molecule has 1 unspecified atom stereocenters. The highest BCUT2D eigenvalue weighted by Crippen LogP contribution is 2.38. The normalized spacial score (nSPS) is 24.8. The number of nitrogens with zero attached hydrogens (tertiary/aromatic N) is 2. The van der Waals surface area contributed by atoms with Gasteiger partial charge >= 0.3 is 0 Å². The summed E-state index contributed by atoms with van der Waals surface area (Å²) in [7, 11) is 0. The third-order valence-electron chi connectivity index (χ3n) is 6.09. The zero-order valence-corrected chi connectivity index (χ0v) is 16.3. The smallest absolute Gasteiger partial charge is 0.239 e. The lowest BCUT2D eigenvalue weighted by atomic mass is 9.77. The standard InChI is InChI=1S/C19H24ClN3O2.ClH/c20-14-2-1-3-15(12-14)23-9-4-16(18(23)25)17(24)22-10-6-19(7-11-22)5-8-21-13-19;/h1-3,12,16,21H,4-11,13H2;1H. The fourth-order valence-corrected chi connectivity index (χ4v) is 4.64. The van der Waals surface area contributed by atoms with Crippen molar-refractivity contribution in [3.63, 3.8) is 0 Å². The number of anilines is 1. The molecule has 1 aromatic rings. The zero-order chi connectivity index (χ0) is 17.4. The van der Waals surface area contributed by atoms with Crippen molar-refractivity contribution in [2.75, 3.05) is 37.6 Å². The highest BCUT2D eigenvalue weighted by Gasteiger charge is 2.43. The maximum absolute atomic E-state index is 12.9. The van der Waals surface area contributed by atoms with Gasteiger partial charge in [-0.05, 0) is 55.8 Å². The number of hydrogen-bond acceptors (Lipinski definition) is 3. The van der Waals surface area contributed by atoms with Gasteiger partial charge in [-0.1, -0.05) is 17.7 Å². The first-order valence-electron chi connectivity index (χ1n) is 9.15. The Bertz CT molecular complexity index is 681. The number of rotatable bonds is 2. The molecule has 0 aromatic heterocycles. The van der Waals surface area contributed by atoms with Crippen molar-refractivity contribution in [3.05, 3.63) is 29.3 Å². The number of amides is 2. The second-order valence-corrected chi connectivity index (χ2v) is 8.00. The molecule has 26 heavy (non-hydrogen) atoms. The van der Waals surface area contributed by atoms with E-state index in [4.69, 9.17) is 11.6 Å². The second-order valence-electron chi connectivity index (χ2n) is 7.56. The number of likely N-dealkylation sites (tertiary alicyclic amines) is 1. The molecule has 7 heteroatoms. The van der Waals surface area contributed by atoms with Crippen LogP contribution in [-0.2, 0) is 9.59 Å². The van der Waals surface area contributed by atoms with Crippen molar-refractivity contribution in [2.24, 2.45) is 11.3 Å². The third-order valence-corrected chi connectivity index (χ3v) is 6.33. The van der Waals surface area contributed by atoms with Gasteiger partial charge in [-0.3, -0.25) is 9.59 Å². The molecule has 1 atom stereocenters. The highest BCUT2D eigenvalue weighted by atomic mass is 35.5. The minimum Gasteiger partial charge on any atom is -0.342 e. The minimum atomic E-state index is -0.533. The number of benzene rings is 1. The molecule has 2 amide bonds. The molecule has 5 nitrogen and oxygen atoms in total. The molecule has 3 aliphatic rings. The van der Waals surface area contributed by atoms with Crippen molar-refractivity contribution < 1.29 is 9.59 Å². The first-order chi connectivity index (χ1) is 12.1. The first-order valence-corrected chi connectivity index (χ1v) is 9.52. The molecule has 142 valence electrons. The molecule has 0 radical (unpaired) electrons. The lowest BCUT2D eigenvalue weighted by molar-refractivity contribution is -0.141.